The first-order valence-corrected chi connectivity index (χ1v) is 14.2. The molecule has 0 spiro atoms. The van der Waals surface area contributed by atoms with E-state index in [0.29, 0.717) is 26.7 Å². The lowest BCUT2D eigenvalue weighted by molar-refractivity contribution is 0.205. The van der Waals surface area contributed by atoms with Crippen molar-refractivity contribution in [2.24, 2.45) is 0 Å². The normalized spacial score (nSPS) is 16.1. The molecule has 1 aliphatic rings. The average Bonchev–Trinajstić information content (AvgIpc) is 3.35. The van der Waals surface area contributed by atoms with Crippen LogP contribution in [0.4, 0.5) is 10.8 Å². The molecule has 37 heavy (non-hydrogen) atoms. The Balaban J connectivity index is 1.54. The lowest BCUT2D eigenvalue weighted by Crippen LogP contribution is -2.36. The molecule has 0 bridgehead atoms. The number of anilines is 2. The SMILES string of the molecule is CCOP(=O)(OCC)C(Nc1ncc(-c2cc3ccccc3oc2=O)s1)C1=Cc2ccccc2NC1O. The van der Waals surface area contributed by atoms with Crippen molar-refractivity contribution < 1.29 is 23.1 Å². The Hall–Kier alpha value is -3.27. The summed E-state index contributed by atoms with van der Waals surface area (Å²) in [5.41, 5.74) is 2.34. The van der Waals surface area contributed by atoms with Crippen LogP contribution < -0.4 is 16.3 Å². The van der Waals surface area contributed by atoms with Crippen LogP contribution in [0.3, 0.4) is 0 Å². The fourth-order valence-electron chi connectivity index (χ4n) is 4.18. The van der Waals surface area contributed by atoms with Crippen molar-refractivity contribution in [2.75, 3.05) is 23.8 Å². The first-order chi connectivity index (χ1) is 17.9. The number of aromatic nitrogens is 1. The molecule has 2 unspecified atom stereocenters. The van der Waals surface area contributed by atoms with Gasteiger partial charge < -0.3 is 29.2 Å². The van der Waals surface area contributed by atoms with Crippen LogP contribution in [-0.4, -0.2) is 35.3 Å². The zero-order valence-corrected chi connectivity index (χ0v) is 21.9. The van der Waals surface area contributed by atoms with Crippen LogP contribution in [0.15, 0.2) is 75.6 Å². The molecule has 0 fully saturated rings. The Bertz CT molecular complexity index is 1560. The fraction of sp³-hybridized carbons (Fsp3) is 0.231. The van der Waals surface area contributed by atoms with Crippen molar-refractivity contribution in [3.8, 4) is 10.4 Å². The molecule has 1 aliphatic heterocycles. The number of hydrogen-bond acceptors (Lipinski definition) is 10. The number of aliphatic hydroxyl groups excluding tert-OH is 1. The average molecular weight is 540 g/mol. The number of hydrogen-bond donors (Lipinski definition) is 3. The molecule has 0 aliphatic carbocycles. The second-order valence-corrected chi connectivity index (χ2v) is 11.4. The van der Waals surface area contributed by atoms with Crippen LogP contribution in [0.5, 0.6) is 0 Å². The monoisotopic (exact) mass is 539 g/mol. The first-order valence-electron chi connectivity index (χ1n) is 11.8. The van der Waals surface area contributed by atoms with Gasteiger partial charge in [-0.25, -0.2) is 9.78 Å². The molecule has 3 N–H and O–H groups in total. The van der Waals surface area contributed by atoms with Gasteiger partial charge in [0.25, 0.3) is 0 Å². The van der Waals surface area contributed by atoms with Crippen molar-refractivity contribution in [2.45, 2.75) is 25.9 Å². The van der Waals surface area contributed by atoms with Gasteiger partial charge in [0.1, 0.15) is 11.8 Å². The third-order valence-corrected chi connectivity index (χ3v) is 9.07. The third-order valence-electron chi connectivity index (χ3n) is 5.81. The molecule has 192 valence electrons. The van der Waals surface area contributed by atoms with Crippen LogP contribution in [0.1, 0.15) is 19.4 Å². The largest absolute Gasteiger partial charge is 0.422 e. The van der Waals surface area contributed by atoms with Crippen molar-refractivity contribution in [3.05, 3.63) is 82.4 Å². The van der Waals surface area contributed by atoms with E-state index >= 15 is 0 Å². The molecule has 2 aromatic carbocycles. The van der Waals surface area contributed by atoms with Gasteiger partial charge in [-0.1, -0.05) is 47.7 Å². The van der Waals surface area contributed by atoms with Crippen LogP contribution in [0, 0.1) is 0 Å². The lowest BCUT2D eigenvalue weighted by Gasteiger charge is -2.33. The summed E-state index contributed by atoms with van der Waals surface area (Å²) in [6, 6.07) is 16.5. The highest BCUT2D eigenvalue weighted by Crippen LogP contribution is 2.57. The number of nitrogens with one attached hydrogen (secondary N) is 2. The van der Waals surface area contributed by atoms with Crippen molar-refractivity contribution in [1.82, 2.24) is 4.98 Å². The minimum absolute atomic E-state index is 0.143. The predicted molar refractivity (Wildman–Crippen MR) is 146 cm³/mol. The van der Waals surface area contributed by atoms with E-state index in [9.17, 15) is 14.5 Å². The number of para-hydroxylation sites is 2. The van der Waals surface area contributed by atoms with E-state index in [1.807, 2.05) is 36.4 Å². The molecular formula is C26H26N3O6PS. The maximum Gasteiger partial charge on any atom is 0.357 e. The van der Waals surface area contributed by atoms with E-state index in [2.05, 4.69) is 15.6 Å². The minimum Gasteiger partial charge on any atom is -0.422 e. The summed E-state index contributed by atoms with van der Waals surface area (Å²) in [5, 5.41) is 18.3. The number of aliphatic hydroxyl groups is 1. The zero-order chi connectivity index (χ0) is 26.0. The highest BCUT2D eigenvalue weighted by Gasteiger charge is 2.42. The molecule has 3 heterocycles. The molecule has 0 radical (unpaired) electrons. The van der Waals surface area contributed by atoms with E-state index in [1.54, 1.807) is 44.3 Å². The quantitative estimate of drug-likeness (QED) is 0.180. The summed E-state index contributed by atoms with van der Waals surface area (Å²) in [6.07, 6.45) is 2.18. The second kappa shape index (κ2) is 10.6. The van der Waals surface area contributed by atoms with Crippen molar-refractivity contribution >= 4 is 46.8 Å². The first kappa shape index (κ1) is 25.4. The molecule has 0 saturated carbocycles. The van der Waals surface area contributed by atoms with Gasteiger partial charge in [0.15, 0.2) is 10.9 Å². The van der Waals surface area contributed by atoms with Gasteiger partial charge in [0, 0.05) is 22.8 Å². The van der Waals surface area contributed by atoms with Gasteiger partial charge >= 0.3 is 13.2 Å². The molecule has 2 atom stereocenters. The number of benzene rings is 2. The lowest BCUT2D eigenvalue weighted by atomic mass is 10.0. The minimum atomic E-state index is -3.81. The summed E-state index contributed by atoms with van der Waals surface area (Å²) >= 11 is 1.20. The molecule has 0 amide bonds. The Morgan fingerprint density at radius 3 is 2.68 bits per heavy atom. The van der Waals surface area contributed by atoms with Crippen molar-refractivity contribution in [1.29, 1.82) is 0 Å². The van der Waals surface area contributed by atoms with E-state index in [-0.39, 0.29) is 13.2 Å². The van der Waals surface area contributed by atoms with E-state index in [4.69, 9.17) is 13.5 Å². The molecule has 0 saturated heterocycles. The van der Waals surface area contributed by atoms with Gasteiger partial charge in [0.2, 0.25) is 0 Å². The number of nitrogens with zero attached hydrogens (tertiary/aromatic N) is 1. The number of rotatable bonds is 9. The third kappa shape index (κ3) is 5.12. The van der Waals surface area contributed by atoms with E-state index < -0.39 is 25.2 Å². The maximum absolute atomic E-state index is 14.0. The molecule has 5 rings (SSSR count). The van der Waals surface area contributed by atoms with E-state index in [0.717, 1.165) is 16.6 Å². The van der Waals surface area contributed by atoms with Crippen molar-refractivity contribution in [3.63, 3.8) is 0 Å². The number of fused-ring (bicyclic) bond motifs is 2. The summed E-state index contributed by atoms with van der Waals surface area (Å²) < 4.78 is 30.8. The summed E-state index contributed by atoms with van der Waals surface area (Å²) in [5.74, 6) is -1.05. The fourth-order valence-corrected chi connectivity index (χ4v) is 7.07. The summed E-state index contributed by atoms with van der Waals surface area (Å²) in [4.78, 5) is 17.6. The van der Waals surface area contributed by atoms with Gasteiger partial charge in [-0.15, -0.1) is 0 Å². The van der Waals surface area contributed by atoms with Gasteiger partial charge in [-0.3, -0.25) is 4.57 Å². The Kier molecular flexibility index (Phi) is 7.28. The summed E-state index contributed by atoms with van der Waals surface area (Å²) in [7, 11) is -3.81. The summed E-state index contributed by atoms with van der Waals surface area (Å²) in [6.45, 7) is 3.74. The zero-order valence-electron chi connectivity index (χ0n) is 20.2. The van der Waals surface area contributed by atoms with Crippen LogP contribution in [-0.2, 0) is 13.6 Å². The molecule has 4 aromatic rings. The van der Waals surface area contributed by atoms with Gasteiger partial charge in [-0.2, -0.15) is 0 Å². The smallest absolute Gasteiger partial charge is 0.357 e. The maximum atomic E-state index is 14.0. The van der Waals surface area contributed by atoms with Crippen LogP contribution in [0.25, 0.3) is 27.5 Å². The van der Waals surface area contributed by atoms with Crippen LogP contribution in [0.2, 0.25) is 0 Å². The Morgan fingerprint density at radius 2 is 1.89 bits per heavy atom. The van der Waals surface area contributed by atoms with Gasteiger partial charge in [-0.05, 0) is 43.7 Å². The Labute approximate surface area is 217 Å². The van der Waals surface area contributed by atoms with E-state index in [1.165, 1.54) is 11.3 Å². The standard InChI is InChI=1S/C26H26N3O6PS/c1-3-33-36(32,34-4-2)24(19-13-16-9-5-7-11-20(16)28-23(19)30)29-26-27-15-22(37-26)18-14-17-10-6-8-12-21(17)35-25(18)31/h5-15,23-24,28,30H,3-4H2,1-2H3,(H,27,29). The predicted octanol–water partition coefficient (Wildman–Crippen LogP) is 5.75. The Morgan fingerprint density at radius 1 is 1.16 bits per heavy atom. The molecule has 11 heteroatoms. The van der Waals surface area contributed by atoms with Crippen LogP contribution >= 0.6 is 18.9 Å². The van der Waals surface area contributed by atoms with Gasteiger partial charge in [0.05, 0.1) is 23.7 Å². The second-order valence-electron chi connectivity index (χ2n) is 8.22. The topological polar surface area (TPSA) is 123 Å². The molecular weight excluding hydrogens is 513 g/mol. The molecule has 2 aromatic heterocycles. The molecule has 9 nitrogen and oxygen atoms in total. The number of thiazole rings is 1. The highest BCUT2D eigenvalue weighted by molar-refractivity contribution is 7.55. The highest BCUT2D eigenvalue weighted by atomic mass is 32.1.